The molecule has 124 valence electrons. The molecule has 1 aromatic heterocycles. The Morgan fingerprint density at radius 3 is 2.40 bits per heavy atom. The fourth-order valence-corrected chi connectivity index (χ4v) is 2.60. The number of benzene rings is 2. The zero-order valence-electron chi connectivity index (χ0n) is 14.2. The molecular weight excluding hydrogens is 310 g/mol. The van der Waals surface area contributed by atoms with Crippen molar-refractivity contribution in [2.75, 3.05) is 10.6 Å². The Labute approximate surface area is 147 Å². The normalized spacial score (nSPS) is 10.1. The lowest BCUT2D eigenvalue weighted by Crippen LogP contribution is -2.02. The Morgan fingerprint density at radius 1 is 1.00 bits per heavy atom. The van der Waals surface area contributed by atoms with Gasteiger partial charge in [-0.05, 0) is 48.7 Å². The number of nitrogens with zero attached hydrogens (tertiary/aromatic N) is 3. The number of nitrogens with one attached hydrogen (secondary N) is 2. The second kappa shape index (κ2) is 7.45. The van der Waals surface area contributed by atoms with Gasteiger partial charge in [0.1, 0.15) is 18.0 Å². The minimum Gasteiger partial charge on any atom is -0.340 e. The first-order chi connectivity index (χ1) is 12.2. The van der Waals surface area contributed by atoms with E-state index in [0.717, 1.165) is 23.6 Å². The van der Waals surface area contributed by atoms with Crippen LogP contribution < -0.4 is 10.6 Å². The molecule has 0 atom stereocenters. The van der Waals surface area contributed by atoms with Crippen LogP contribution in [0.1, 0.15) is 23.6 Å². The van der Waals surface area contributed by atoms with Crippen molar-refractivity contribution in [3.8, 4) is 6.07 Å². The summed E-state index contributed by atoms with van der Waals surface area (Å²) in [6.45, 7) is 4.22. The van der Waals surface area contributed by atoms with Gasteiger partial charge in [0.2, 0.25) is 0 Å². The molecule has 0 aliphatic heterocycles. The summed E-state index contributed by atoms with van der Waals surface area (Å²) in [5, 5.41) is 15.5. The molecule has 2 aromatic carbocycles. The summed E-state index contributed by atoms with van der Waals surface area (Å²) in [6.07, 6.45) is 2.48. The number of anilines is 4. The molecule has 0 unspecified atom stereocenters. The maximum Gasteiger partial charge on any atom is 0.135 e. The van der Waals surface area contributed by atoms with Crippen LogP contribution in [-0.2, 0) is 6.42 Å². The van der Waals surface area contributed by atoms with Crippen LogP contribution in [0.4, 0.5) is 23.0 Å². The van der Waals surface area contributed by atoms with Crippen molar-refractivity contribution >= 4 is 23.0 Å². The third-order valence-corrected chi connectivity index (χ3v) is 3.95. The van der Waals surface area contributed by atoms with Crippen LogP contribution in [0.3, 0.4) is 0 Å². The summed E-state index contributed by atoms with van der Waals surface area (Å²) in [4.78, 5) is 8.57. The minimum atomic E-state index is 0.627. The molecule has 3 rings (SSSR count). The molecule has 0 spiro atoms. The number of aromatic nitrogens is 2. The van der Waals surface area contributed by atoms with E-state index in [1.807, 2.05) is 18.2 Å². The van der Waals surface area contributed by atoms with Crippen molar-refractivity contribution in [3.05, 3.63) is 71.5 Å². The molecule has 25 heavy (non-hydrogen) atoms. The third kappa shape index (κ3) is 3.93. The van der Waals surface area contributed by atoms with E-state index in [0.29, 0.717) is 11.4 Å². The summed E-state index contributed by atoms with van der Waals surface area (Å²) in [7, 11) is 0. The highest BCUT2D eigenvalue weighted by atomic mass is 15.1. The summed E-state index contributed by atoms with van der Waals surface area (Å²) >= 11 is 0. The van der Waals surface area contributed by atoms with Crippen molar-refractivity contribution < 1.29 is 0 Å². The molecular formula is C20H19N5. The molecule has 0 radical (unpaired) electrons. The minimum absolute atomic E-state index is 0.627. The van der Waals surface area contributed by atoms with Crippen LogP contribution in [0.25, 0.3) is 0 Å². The average Bonchev–Trinajstić information content (AvgIpc) is 2.64. The highest BCUT2D eigenvalue weighted by molar-refractivity contribution is 5.67. The quantitative estimate of drug-likeness (QED) is 0.709. The highest BCUT2D eigenvalue weighted by Gasteiger charge is 2.06. The van der Waals surface area contributed by atoms with E-state index >= 15 is 0 Å². The fourth-order valence-electron chi connectivity index (χ4n) is 2.60. The zero-order valence-corrected chi connectivity index (χ0v) is 14.2. The molecule has 0 fully saturated rings. The number of nitriles is 1. The number of rotatable bonds is 5. The third-order valence-electron chi connectivity index (χ3n) is 3.95. The van der Waals surface area contributed by atoms with E-state index in [1.165, 1.54) is 17.5 Å². The van der Waals surface area contributed by atoms with Crippen molar-refractivity contribution in [3.63, 3.8) is 0 Å². The zero-order chi connectivity index (χ0) is 17.6. The average molecular weight is 329 g/mol. The monoisotopic (exact) mass is 329 g/mol. The van der Waals surface area contributed by atoms with Gasteiger partial charge in [0.05, 0.1) is 11.6 Å². The van der Waals surface area contributed by atoms with Crippen LogP contribution in [-0.4, -0.2) is 9.97 Å². The number of para-hydroxylation sites is 1. The predicted molar refractivity (Wildman–Crippen MR) is 100 cm³/mol. The van der Waals surface area contributed by atoms with Crippen LogP contribution >= 0.6 is 0 Å². The van der Waals surface area contributed by atoms with Crippen LogP contribution in [0.2, 0.25) is 0 Å². The predicted octanol–water partition coefficient (Wildman–Crippen LogP) is 4.71. The maximum atomic E-state index is 8.86. The van der Waals surface area contributed by atoms with Gasteiger partial charge in [0.25, 0.3) is 0 Å². The molecule has 0 amide bonds. The Morgan fingerprint density at radius 2 is 1.72 bits per heavy atom. The molecule has 0 aliphatic rings. The van der Waals surface area contributed by atoms with Gasteiger partial charge in [0, 0.05) is 17.4 Å². The second-order valence-corrected chi connectivity index (χ2v) is 5.69. The second-order valence-electron chi connectivity index (χ2n) is 5.69. The first kappa shape index (κ1) is 16.5. The number of hydrogen-bond donors (Lipinski definition) is 2. The van der Waals surface area contributed by atoms with E-state index in [2.05, 4.69) is 58.7 Å². The Balaban J connectivity index is 1.81. The first-order valence-corrected chi connectivity index (χ1v) is 8.14. The molecule has 5 nitrogen and oxygen atoms in total. The molecule has 0 saturated carbocycles. The molecule has 0 aliphatic carbocycles. The van der Waals surface area contributed by atoms with Crippen LogP contribution in [0, 0.1) is 18.3 Å². The lowest BCUT2D eigenvalue weighted by Gasteiger charge is -2.14. The van der Waals surface area contributed by atoms with E-state index in [9.17, 15) is 0 Å². The van der Waals surface area contributed by atoms with Gasteiger partial charge >= 0.3 is 0 Å². The summed E-state index contributed by atoms with van der Waals surface area (Å²) in [5.74, 6) is 1.42. The van der Waals surface area contributed by atoms with E-state index in [1.54, 1.807) is 12.1 Å². The molecule has 0 saturated heterocycles. The van der Waals surface area contributed by atoms with Gasteiger partial charge in [0.15, 0.2) is 0 Å². The van der Waals surface area contributed by atoms with Crippen molar-refractivity contribution in [2.45, 2.75) is 20.3 Å². The smallest absolute Gasteiger partial charge is 0.135 e. The van der Waals surface area contributed by atoms with Crippen molar-refractivity contribution in [1.82, 2.24) is 9.97 Å². The van der Waals surface area contributed by atoms with E-state index in [-0.39, 0.29) is 0 Å². The SMILES string of the molecule is CCc1cccc(C)c1Nc1cc(Nc2ccc(C#N)cc2)ncn1. The topological polar surface area (TPSA) is 73.6 Å². The Hall–Kier alpha value is -3.39. The van der Waals surface area contributed by atoms with Gasteiger partial charge < -0.3 is 10.6 Å². The van der Waals surface area contributed by atoms with Crippen LogP contribution in [0.5, 0.6) is 0 Å². The highest BCUT2D eigenvalue weighted by Crippen LogP contribution is 2.25. The number of aryl methyl sites for hydroxylation is 2. The Bertz CT molecular complexity index is 910. The molecule has 0 bridgehead atoms. The molecule has 5 heteroatoms. The standard InChI is InChI=1S/C20H19N5/c1-3-16-6-4-5-14(2)20(16)25-19-11-18(22-13-23-19)24-17-9-7-15(12-21)8-10-17/h4-11,13H,3H2,1-2H3,(H2,22,23,24,25). The lowest BCUT2D eigenvalue weighted by molar-refractivity contribution is 1.12. The summed E-state index contributed by atoms with van der Waals surface area (Å²) in [5.41, 5.74) is 5.02. The largest absolute Gasteiger partial charge is 0.340 e. The first-order valence-electron chi connectivity index (χ1n) is 8.14. The van der Waals surface area contributed by atoms with Crippen molar-refractivity contribution in [1.29, 1.82) is 5.26 Å². The lowest BCUT2D eigenvalue weighted by atomic mass is 10.1. The molecule has 3 aromatic rings. The van der Waals surface area contributed by atoms with Gasteiger partial charge in [-0.3, -0.25) is 0 Å². The number of hydrogen-bond acceptors (Lipinski definition) is 5. The van der Waals surface area contributed by atoms with Crippen molar-refractivity contribution in [2.24, 2.45) is 0 Å². The van der Waals surface area contributed by atoms with Crippen LogP contribution in [0.15, 0.2) is 54.9 Å². The van der Waals surface area contributed by atoms with Gasteiger partial charge in [-0.2, -0.15) is 5.26 Å². The van der Waals surface area contributed by atoms with Gasteiger partial charge in [-0.15, -0.1) is 0 Å². The summed E-state index contributed by atoms with van der Waals surface area (Å²) < 4.78 is 0. The molecule has 2 N–H and O–H groups in total. The van der Waals surface area contributed by atoms with E-state index < -0.39 is 0 Å². The fraction of sp³-hybridized carbons (Fsp3) is 0.150. The molecule has 1 heterocycles. The summed E-state index contributed by atoms with van der Waals surface area (Å²) in [6, 6.07) is 17.5. The maximum absolute atomic E-state index is 8.86. The van der Waals surface area contributed by atoms with Gasteiger partial charge in [-0.25, -0.2) is 9.97 Å². The van der Waals surface area contributed by atoms with Gasteiger partial charge in [-0.1, -0.05) is 25.1 Å². The Kier molecular flexibility index (Phi) is 4.91. The van der Waals surface area contributed by atoms with E-state index in [4.69, 9.17) is 5.26 Å².